The summed E-state index contributed by atoms with van der Waals surface area (Å²) in [5.74, 6) is 3.08. The predicted octanol–water partition coefficient (Wildman–Crippen LogP) is 7.76. The Morgan fingerprint density at radius 2 is 1.58 bits per heavy atom. The molecule has 26 heavy (non-hydrogen) atoms. The van der Waals surface area contributed by atoms with E-state index in [0.717, 1.165) is 36.2 Å². The van der Waals surface area contributed by atoms with Gasteiger partial charge in [-0.25, -0.2) is 4.39 Å². The maximum atomic E-state index is 14.4. The number of rotatable bonds is 6. The summed E-state index contributed by atoms with van der Waals surface area (Å²) in [5, 5.41) is 0.277. The van der Waals surface area contributed by atoms with E-state index in [2.05, 4.69) is 6.92 Å². The van der Waals surface area contributed by atoms with Crippen LogP contribution in [0, 0.1) is 23.6 Å². The molecule has 2 fully saturated rings. The van der Waals surface area contributed by atoms with E-state index in [1.54, 1.807) is 6.07 Å². The molecule has 2 aliphatic carbocycles. The van der Waals surface area contributed by atoms with E-state index in [0.29, 0.717) is 12.5 Å². The van der Waals surface area contributed by atoms with E-state index in [9.17, 15) is 4.39 Å². The zero-order chi connectivity index (χ0) is 18.5. The molecule has 1 aromatic rings. The van der Waals surface area contributed by atoms with E-state index in [1.807, 2.05) is 13.0 Å². The molecular formula is C23H34ClFO. The molecule has 3 rings (SSSR count). The van der Waals surface area contributed by atoms with Crippen LogP contribution in [-0.2, 0) is 0 Å². The molecular weight excluding hydrogens is 347 g/mol. The third-order valence-corrected chi connectivity index (χ3v) is 7.23. The van der Waals surface area contributed by atoms with Crippen LogP contribution in [0.2, 0.25) is 5.02 Å². The Kier molecular flexibility index (Phi) is 7.26. The first-order valence-corrected chi connectivity index (χ1v) is 11.1. The normalized spacial score (nSPS) is 29.5. The molecule has 0 amide bonds. The lowest BCUT2D eigenvalue weighted by Crippen LogP contribution is -2.25. The molecule has 1 nitrogen and oxygen atoms in total. The first-order valence-electron chi connectivity index (χ1n) is 10.7. The van der Waals surface area contributed by atoms with Crippen molar-refractivity contribution >= 4 is 11.6 Å². The summed E-state index contributed by atoms with van der Waals surface area (Å²) in [5.41, 5.74) is 0.984. The highest BCUT2D eigenvalue weighted by Crippen LogP contribution is 2.46. The van der Waals surface area contributed by atoms with Gasteiger partial charge in [-0.1, -0.05) is 50.3 Å². The minimum atomic E-state index is -0.387. The third kappa shape index (κ3) is 4.55. The van der Waals surface area contributed by atoms with E-state index in [1.165, 1.54) is 51.4 Å². The Morgan fingerprint density at radius 3 is 2.15 bits per heavy atom. The molecule has 2 saturated carbocycles. The Morgan fingerprint density at radius 1 is 0.962 bits per heavy atom. The van der Waals surface area contributed by atoms with Gasteiger partial charge in [-0.3, -0.25) is 0 Å². The third-order valence-electron chi connectivity index (χ3n) is 6.84. The molecule has 0 atom stereocenters. The topological polar surface area (TPSA) is 9.23 Å². The highest BCUT2D eigenvalue weighted by molar-refractivity contribution is 6.31. The van der Waals surface area contributed by atoms with Crippen molar-refractivity contribution in [3.8, 4) is 5.75 Å². The molecule has 0 aromatic heterocycles. The fourth-order valence-electron chi connectivity index (χ4n) is 5.39. The molecule has 1 aromatic carbocycles. The van der Waals surface area contributed by atoms with E-state index < -0.39 is 0 Å². The molecule has 0 radical (unpaired) electrons. The molecule has 0 unspecified atom stereocenters. The predicted molar refractivity (Wildman–Crippen MR) is 108 cm³/mol. The molecule has 0 bridgehead atoms. The van der Waals surface area contributed by atoms with Crippen molar-refractivity contribution in [2.24, 2.45) is 17.8 Å². The van der Waals surface area contributed by atoms with E-state index >= 15 is 0 Å². The quantitative estimate of drug-likeness (QED) is 0.490. The minimum Gasteiger partial charge on any atom is -0.491 e. The average Bonchev–Trinajstić information content (AvgIpc) is 2.67. The molecule has 0 N–H and O–H groups in total. The summed E-state index contributed by atoms with van der Waals surface area (Å²) in [6, 6.07) is 3.73. The van der Waals surface area contributed by atoms with E-state index in [4.69, 9.17) is 16.3 Å². The highest BCUT2D eigenvalue weighted by Gasteiger charge is 2.32. The van der Waals surface area contributed by atoms with Crippen LogP contribution in [0.5, 0.6) is 5.75 Å². The fourth-order valence-corrected chi connectivity index (χ4v) is 5.70. The molecule has 146 valence electrons. The van der Waals surface area contributed by atoms with Gasteiger partial charge in [0.05, 0.1) is 11.6 Å². The standard InChI is InChI=1S/C23H34ClFO/c1-3-5-16-6-8-17(9-7-16)18-10-12-19(13-11-18)20-14-15-21(26-4-2)23(25)22(20)24/h14-19H,3-13H2,1-2H3/t16-,17-,18-,19-. The Bertz CT molecular complexity index is 572. The van der Waals surface area contributed by atoms with Crippen LogP contribution in [0.3, 0.4) is 0 Å². The summed E-state index contributed by atoms with van der Waals surface area (Å²) in [6.07, 6.45) is 13.3. The lowest BCUT2D eigenvalue weighted by molar-refractivity contribution is 0.156. The molecule has 0 heterocycles. The van der Waals surface area contributed by atoms with Crippen LogP contribution in [0.4, 0.5) is 4.39 Å². The fraction of sp³-hybridized carbons (Fsp3) is 0.739. The first-order chi connectivity index (χ1) is 12.6. The van der Waals surface area contributed by atoms with Gasteiger partial charge in [0.2, 0.25) is 0 Å². The molecule has 0 aliphatic heterocycles. The van der Waals surface area contributed by atoms with Crippen LogP contribution in [0.25, 0.3) is 0 Å². The van der Waals surface area contributed by atoms with Crippen LogP contribution >= 0.6 is 11.6 Å². The average molecular weight is 381 g/mol. The number of hydrogen-bond acceptors (Lipinski definition) is 1. The van der Waals surface area contributed by atoms with Gasteiger partial charge in [-0.05, 0) is 80.8 Å². The number of benzene rings is 1. The van der Waals surface area contributed by atoms with Gasteiger partial charge in [0.1, 0.15) is 0 Å². The van der Waals surface area contributed by atoms with Gasteiger partial charge in [-0.2, -0.15) is 0 Å². The number of ether oxygens (including phenoxy) is 1. The zero-order valence-electron chi connectivity index (χ0n) is 16.4. The zero-order valence-corrected chi connectivity index (χ0v) is 17.2. The second-order valence-electron chi connectivity index (χ2n) is 8.40. The second kappa shape index (κ2) is 9.44. The Hall–Kier alpha value is -0.760. The van der Waals surface area contributed by atoms with Gasteiger partial charge in [0.25, 0.3) is 0 Å². The van der Waals surface area contributed by atoms with Crippen molar-refractivity contribution < 1.29 is 9.13 Å². The molecule has 3 heteroatoms. The number of hydrogen-bond donors (Lipinski definition) is 0. The summed E-state index contributed by atoms with van der Waals surface area (Å²) in [6.45, 7) is 4.62. The van der Waals surface area contributed by atoms with Crippen LogP contribution in [-0.4, -0.2) is 6.61 Å². The summed E-state index contributed by atoms with van der Waals surface area (Å²) >= 11 is 6.34. The molecule has 2 aliphatic rings. The maximum Gasteiger partial charge on any atom is 0.183 e. The van der Waals surface area contributed by atoms with Crippen LogP contribution < -0.4 is 4.74 Å². The summed E-state index contributed by atoms with van der Waals surface area (Å²) in [4.78, 5) is 0. The van der Waals surface area contributed by atoms with Crippen molar-refractivity contribution in [1.29, 1.82) is 0 Å². The SMILES string of the molecule is CCC[C@H]1CC[C@H]([C@H]2CC[C@H](c3ccc(OCC)c(F)c3Cl)CC2)CC1. The molecule has 0 saturated heterocycles. The Labute approximate surface area is 163 Å². The summed E-state index contributed by atoms with van der Waals surface area (Å²) in [7, 11) is 0. The number of halogens is 2. The minimum absolute atomic E-state index is 0.277. The summed E-state index contributed by atoms with van der Waals surface area (Å²) < 4.78 is 19.7. The lowest BCUT2D eigenvalue weighted by atomic mass is 9.68. The molecule has 0 spiro atoms. The second-order valence-corrected chi connectivity index (χ2v) is 8.77. The Balaban J connectivity index is 1.55. The maximum absolute atomic E-state index is 14.4. The highest BCUT2D eigenvalue weighted by atomic mass is 35.5. The van der Waals surface area contributed by atoms with Crippen molar-refractivity contribution in [3.63, 3.8) is 0 Å². The largest absolute Gasteiger partial charge is 0.491 e. The van der Waals surface area contributed by atoms with Gasteiger partial charge in [0, 0.05) is 0 Å². The van der Waals surface area contributed by atoms with Crippen LogP contribution in [0.15, 0.2) is 12.1 Å². The van der Waals surface area contributed by atoms with Gasteiger partial charge >= 0.3 is 0 Å². The lowest BCUT2D eigenvalue weighted by Gasteiger charge is -2.38. The van der Waals surface area contributed by atoms with Crippen molar-refractivity contribution in [2.75, 3.05) is 6.61 Å². The van der Waals surface area contributed by atoms with Crippen molar-refractivity contribution in [2.45, 2.75) is 84.0 Å². The smallest absolute Gasteiger partial charge is 0.183 e. The van der Waals surface area contributed by atoms with Gasteiger partial charge < -0.3 is 4.74 Å². The van der Waals surface area contributed by atoms with Gasteiger partial charge in [-0.15, -0.1) is 0 Å². The monoisotopic (exact) mass is 380 g/mol. The van der Waals surface area contributed by atoms with Crippen molar-refractivity contribution in [1.82, 2.24) is 0 Å². The van der Waals surface area contributed by atoms with Crippen LogP contribution in [0.1, 0.15) is 89.5 Å². The van der Waals surface area contributed by atoms with Crippen molar-refractivity contribution in [3.05, 3.63) is 28.5 Å². The first kappa shape index (κ1) is 20.0. The van der Waals surface area contributed by atoms with Gasteiger partial charge in [0.15, 0.2) is 11.6 Å². The van der Waals surface area contributed by atoms with E-state index in [-0.39, 0.29) is 16.6 Å².